The number of carbonyl (C=O) groups excluding carboxylic acids is 1. The Labute approximate surface area is 161 Å². The lowest BCUT2D eigenvalue weighted by Crippen LogP contribution is -2.17. The number of benzene rings is 1. The second-order valence-corrected chi connectivity index (χ2v) is 7.16. The molecule has 1 amide bonds. The number of carbonyl (C=O) groups is 1. The van der Waals surface area contributed by atoms with Gasteiger partial charge in [0.1, 0.15) is 5.69 Å². The number of hydrogen-bond donors (Lipinski definition) is 2. The van der Waals surface area contributed by atoms with Gasteiger partial charge in [-0.1, -0.05) is 50.5 Å². The lowest BCUT2D eigenvalue weighted by molar-refractivity contribution is 0.102. The van der Waals surface area contributed by atoms with Gasteiger partial charge in [-0.3, -0.25) is 14.9 Å². The molecule has 2 aromatic heterocycles. The number of unbranched alkanes of at least 4 members (excludes halogenated alkanes) is 3. The molecule has 140 valence electrons. The monoisotopic (exact) mass is 382 g/mol. The summed E-state index contributed by atoms with van der Waals surface area (Å²) in [4.78, 5) is 27.6. The summed E-state index contributed by atoms with van der Waals surface area (Å²) >= 11 is 1.35. The minimum atomic E-state index is -0.408. The second-order valence-electron chi connectivity index (χ2n) is 6.31. The van der Waals surface area contributed by atoms with E-state index in [1.807, 2.05) is 5.38 Å². The summed E-state index contributed by atoms with van der Waals surface area (Å²) in [5.74, 6) is -0.408. The fourth-order valence-electron chi connectivity index (χ4n) is 2.69. The SMILES string of the molecule is CCCCCCc1ccc(-c2csc(NC(=O)c3ccc(=O)[nH]n3)n2)cc1. The zero-order valence-electron chi connectivity index (χ0n) is 15.2. The maximum Gasteiger partial charge on any atom is 0.277 e. The smallest absolute Gasteiger partial charge is 0.277 e. The molecular formula is C20H22N4O2S. The topological polar surface area (TPSA) is 87.7 Å². The van der Waals surface area contributed by atoms with E-state index in [1.54, 1.807) is 0 Å². The number of nitrogens with one attached hydrogen (secondary N) is 2. The van der Waals surface area contributed by atoms with E-state index < -0.39 is 5.91 Å². The number of amides is 1. The Kier molecular flexibility index (Phi) is 6.49. The first-order valence-corrected chi connectivity index (χ1v) is 9.95. The second kappa shape index (κ2) is 9.23. The van der Waals surface area contributed by atoms with E-state index >= 15 is 0 Å². The van der Waals surface area contributed by atoms with Gasteiger partial charge in [0.15, 0.2) is 5.13 Å². The van der Waals surface area contributed by atoms with Crippen LogP contribution in [0.15, 0.2) is 46.6 Å². The molecule has 7 heteroatoms. The first kappa shape index (κ1) is 19.0. The van der Waals surface area contributed by atoms with Crippen LogP contribution in [0.1, 0.15) is 48.7 Å². The van der Waals surface area contributed by atoms with Crippen LogP contribution in [0.2, 0.25) is 0 Å². The van der Waals surface area contributed by atoms with Crippen molar-refractivity contribution >= 4 is 22.4 Å². The normalized spacial score (nSPS) is 10.7. The Balaban J connectivity index is 1.60. The van der Waals surface area contributed by atoms with E-state index in [-0.39, 0.29) is 11.3 Å². The number of anilines is 1. The number of thiazole rings is 1. The fraction of sp³-hybridized carbons (Fsp3) is 0.300. The Hall–Kier alpha value is -2.80. The van der Waals surface area contributed by atoms with Crippen molar-refractivity contribution in [2.75, 3.05) is 5.32 Å². The number of aromatic amines is 1. The zero-order chi connectivity index (χ0) is 19.1. The molecule has 0 spiro atoms. The zero-order valence-corrected chi connectivity index (χ0v) is 16.0. The van der Waals surface area contributed by atoms with Gasteiger partial charge >= 0.3 is 0 Å². The molecule has 0 saturated carbocycles. The van der Waals surface area contributed by atoms with Crippen molar-refractivity contribution < 1.29 is 4.79 Å². The van der Waals surface area contributed by atoms with Crippen LogP contribution < -0.4 is 10.9 Å². The maximum absolute atomic E-state index is 12.1. The summed E-state index contributed by atoms with van der Waals surface area (Å²) in [5.41, 5.74) is 2.96. The maximum atomic E-state index is 12.1. The molecule has 2 heterocycles. The van der Waals surface area contributed by atoms with Crippen molar-refractivity contribution in [1.29, 1.82) is 0 Å². The number of hydrogen-bond acceptors (Lipinski definition) is 5. The van der Waals surface area contributed by atoms with Crippen LogP contribution in [-0.2, 0) is 6.42 Å². The highest BCUT2D eigenvalue weighted by atomic mass is 32.1. The van der Waals surface area contributed by atoms with Crippen LogP contribution in [-0.4, -0.2) is 21.1 Å². The first-order valence-electron chi connectivity index (χ1n) is 9.07. The minimum Gasteiger partial charge on any atom is -0.296 e. The highest BCUT2D eigenvalue weighted by molar-refractivity contribution is 7.14. The number of aryl methyl sites for hydroxylation is 1. The highest BCUT2D eigenvalue weighted by Crippen LogP contribution is 2.25. The van der Waals surface area contributed by atoms with Crippen molar-refractivity contribution in [3.8, 4) is 11.3 Å². The standard InChI is InChI=1S/C20H22N4O2S/c1-2-3-4-5-6-14-7-9-15(10-8-14)17-13-27-20(21-17)22-19(26)16-11-12-18(25)24-23-16/h7-13H,2-6H2,1H3,(H,24,25)(H,21,22,26). The minimum absolute atomic E-state index is 0.138. The van der Waals surface area contributed by atoms with E-state index in [9.17, 15) is 9.59 Å². The molecule has 0 aliphatic carbocycles. The number of aromatic nitrogens is 3. The molecule has 0 unspecified atom stereocenters. The Morgan fingerprint density at radius 2 is 1.93 bits per heavy atom. The number of nitrogens with zero attached hydrogens (tertiary/aromatic N) is 2. The Morgan fingerprint density at radius 3 is 2.63 bits per heavy atom. The molecule has 2 N–H and O–H groups in total. The van der Waals surface area contributed by atoms with Gasteiger partial charge in [0.2, 0.25) is 0 Å². The molecule has 0 radical (unpaired) electrons. The van der Waals surface area contributed by atoms with Gasteiger partial charge in [0.25, 0.3) is 11.5 Å². The van der Waals surface area contributed by atoms with E-state index in [4.69, 9.17) is 0 Å². The number of rotatable bonds is 8. The van der Waals surface area contributed by atoms with Gasteiger partial charge in [0.05, 0.1) is 5.69 Å². The Bertz CT molecular complexity index is 927. The molecule has 3 rings (SSSR count). The fourth-order valence-corrected chi connectivity index (χ4v) is 3.41. The summed E-state index contributed by atoms with van der Waals surface area (Å²) in [5, 5.41) is 11.1. The molecule has 3 aromatic rings. The first-order chi connectivity index (χ1) is 13.2. The molecule has 0 fully saturated rings. The van der Waals surface area contributed by atoms with Gasteiger partial charge in [-0.25, -0.2) is 10.1 Å². The predicted molar refractivity (Wildman–Crippen MR) is 108 cm³/mol. The molecule has 0 aliphatic heterocycles. The van der Waals surface area contributed by atoms with E-state index in [2.05, 4.69) is 51.7 Å². The van der Waals surface area contributed by atoms with Crippen molar-refractivity contribution in [3.05, 3.63) is 63.4 Å². The molecule has 6 nitrogen and oxygen atoms in total. The van der Waals surface area contributed by atoms with Crippen molar-refractivity contribution in [1.82, 2.24) is 15.2 Å². The Morgan fingerprint density at radius 1 is 1.11 bits per heavy atom. The van der Waals surface area contributed by atoms with Gasteiger partial charge in [-0.2, -0.15) is 5.10 Å². The van der Waals surface area contributed by atoms with Gasteiger partial charge in [0, 0.05) is 17.0 Å². The van der Waals surface area contributed by atoms with E-state index in [1.165, 1.54) is 54.7 Å². The van der Waals surface area contributed by atoms with Crippen molar-refractivity contribution in [3.63, 3.8) is 0 Å². The third-order valence-electron chi connectivity index (χ3n) is 4.21. The highest BCUT2D eigenvalue weighted by Gasteiger charge is 2.11. The predicted octanol–water partition coefficient (Wildman–Crippen LogP) is 4.27. The molecule has 1 aromatic carbocycles. The van der Waals surface area contributed by atoms with Crippen LogP contribution >= 0.6 is 11.3 Å². The lowest BCUT2D eigenvalue weighted by Gasteiger charge is -2.03. The van der Waals surface area contributed by atoms with Gasteiger partial charge in [-0.05, 0) is 24.5 Å². The summed E-state index contributed by atoms with van der Waals surface area (Å²) in [6, 6.07) is 11.1. The lowest BCUT2D eigenvalue weighted by atomic mass is 10.0. The third kappa shape index (κ3) is 5.34. The van der Waals surface area contributed by atoms with Crippen molar-refractivity contribution in [2.24, 2.45) is 0 Å². The summed E-state index contributed by atoms with van der Waals surface area (Å²) < 4.78 is 0. The van der Waals surface area contributed by atoms with E-state index in [0.29, 0.717) is 5.13 Å². The van der Waals surface area contributed by atoms with Crippen LogP contribution in [0.4, 0.5) is 5.13 Å². The number of H-pyrrole nitrogens is 1. The van der Waals surface area contributed by atoms with Crippen molar-refractivity contribution in [2.45, 2.75) is 39.0 Å². The quantitative estimate of drug-likeness (QED) is 0.570. The van der Waals surface area contributed by atoms with Crippen LogP contribution in [0.25, 0.3) is 11.3 Å². The van der Waals surface area contributed by atoms with Gasteiger partial charge < -0.3 is 0 Å². The van der Waals surface area contributed by atoms with Crippen LogP contribution in [0.5, 0.6) is 0 Å². The average Bonchev–Trinajstić information content (AvgIpc) is 3.15. The largest absolute Gasteiger partial charge is 0.296 e. The molecule has 27 heavy (non-hydrogen) atoms. The van der Waals surface area contributed by atoms with E-state index in [0.717, 1.165) is 17.7 Å². The summed E-state index contributed by atoms with van der Waals surface area (Å²) in [6.45, 7) is 2.22. The molecule has 0 saturated heterocycles. The molecular weight excluding hydrogens is 360 g/mol. The summed E-state index contributed by atoms with van der Waals surface area (Å²) in [7, 11) is 0. The molecule has 0 atom stereocenters. The average molecular weight is 382 g/mol. The van der Waals surface area contributed by atoms with Gasteiger partial charge in [-0.15, -0.1) is 11.3 Å². The molecule has 0 aliphatic rings. The third-order valence-corrected chi connectivity index (χ3v) is 4.96. The van der Waals surface area contributed by atoms with Crippen LogP contribution in [0, 0.1) is 0 Å². The van der Waals surface area contributed by atoms with Crippen LogP contribution in [0.3, 0.4) is 0 Å². The summed E-state index contributed by atoms with van der Waals surface area (Å²) in [6.07, 6.45) is 6.14. The molecule has 0 bridgehead atoms.